The highest BCUT2D eigenvalue weighted by molar-refractivity contribution is 6.31. The van der Waals surface area contributed by atoms with Crippen molar-refractivity contribution in [2.24, 2.45) is 0 Å². The average molecular weight is 228 g/mol. The number of halogens is 1. The number of hydrogen-bond donors (Lipinski definition) is 1. The van der Waals surface area contributed by atoms with Gasteiger partial charge < -0.3 is 5.32 Å². The van der Waals surface area contributed by atoms with Gasteiger partial charge in [-0.05, 0) is 13.8 Å². The van der Waals surface area contributed by atoms with E-state index in [0.717, 1.165) is 5.69 Å². The second-order valence-corrected chi connectivity index (χ2v) is 5.35. The van der Waals surface area contributed by atoms with Gasteiger partial charge in [0.2, 0.25) is 5.95 Å². The molecule has 3 nitrogen and oxygen atoms in total. The summed E-state index contributed by atoms with van der Waals surface area (Å²) in [6.07, 6.45) is 1.65. The highest BCUT2D eigenvalue weighted by Crippen LogP contribution is 2.27. The molecule has 0 unspecified atom stereocenters. The Bertz CT molecular complexity index is 342. The molecule has 0 aliphatic rings. The standard InChI is InChI=1S/C11H18ClN3/c1-7(2)14-10-13-6-8(12)9(15-10)11(3,4)5/h6-7H,1-5H3,(H,13,14,15). The maximum Gasteiger partial charge on any atom is 0.223 e. The topological polar surface area (TPSA) is 37.8 Å². The van der Waals surface area contributed by atoms with Gasteiger partial charge in [-0.1, -0.05) is 32.4 Å². The Hall–Kier alpha value is -0.830. The van der Waals surface area contributed by atoms with Crippen LogP contribution < -0.4 is 5.32 Å². The molecule has 0 atom stereocenters. The quantitative estimate of drug-likeness (QED) is 0.843. The normalized spacial score (nSPS) is 11.9. The van der Waals surface area contributed by atoms with E-state index >= 15 is 0 Å². The summed E-state index contributed by atoms with van der Waals surface area (Å²) in [5.41, 5.74) is 0.815. The van der Waals surface area contributed by atoms with Gasteiger partial charge in [-0.25, -0.2) is 9.97 Å². The highest BCUT2D eigenvalue weighted by Gasteiger charge is 2.20. The molecule has 1 heterocycles. The number of hydrogen-bond acceptors (Lipinski definition) is 3. The van der Waals surface area contributed by atoms with Crippen LogP contribution in [0.25, 0.3) is 0 Å². The van der Waals surface area contributed by atoms with Crippen LogP contribution >= 0.6 is 11.6 Å². The molecule has 0 aliphatic heterocycles. The van der Waals surface area contributed by atoms with E-state index in [4.69, 9.17) is 11.6 Å². The van der Waals surface area contributed by atoms with Crippen molar-refractivity contribution in [3.63, 3.8) is 0 Å². The third-order valence-corrected chi connectivity index (χ3v) is 2.15. The van der Waals surface area contributed by atoms with E-state index in [1.807, 2.05) is 0 Å². The number of anilines is 1. The lowest BCUT2D eigenvalue weighted by molar-refractivity contribution is 0.567. The molecule has 0 bridgehead atoms. The van der Waals surface area contributed by atoms with Crippen molar-refractivity contribution in [2.75, 3.05) is 5.32 Å². The zero-order valence-corrected chi connectivity index (χ0v) is 10.7. The van der Waals surface area contributed by atoms with Crippen molar-refractivity contribution in [3.8, 4) is 0 Å². The van der Waals surface area contributed by atoms with Crippen LogP contribution in [0.5, 0.6) is 0 Å². The molecule has 0 radical (unpaired) electrons. The SMILES string of the molecule is CC(C)Nc1ncc(Cl)c(C(C)(C)C)n1. The van der Waals surface area contributed by atoms with Crippen molar-refractivity contribution in [1.82, 2.24) is 9.97 Å². The lowest BCUT2D eigenvalue weighted by Crippen LogP contribution is -2.18. The Morgan fingerprint density at radius 2 is 1.93 bits per heavy atom. The minimum atomic E-state index is -0.0621. The summed E-state index contributed by atoms with van der Waals surface area (Å²) in [5.74, 6) is 0.638. The highest BCUT2D eigenvalue weighted by atomic mass is 35.5. The summed E-state index contributed by atoms with van der Waals surface area (Å²) >= 11 is 6.06. The Balaban J connectivity index is 3.06. The summed E-state index contributed by atoms with van der Waals surface area (Å²) in [4.78, 5) is 8.57. The van der Waals surface area contributed by atoms with E-state index in [0.29, 0.717) is 17.0 Å². The Morgan fingerprint density at radius 3 is 2.40 bits per heavy atom. The zero-order valence-electron chi connectivity index (χ0n) is 9.93. The first-order valence-electron chi connectivity index (χ1n) is 5.10. The predicted molar refractivity (Wildman–Crippen MR) is 64.5 cm³/mol. The number of aromatic nitrogens is 2. The van der Waals surface area contributed by atoms with E-state index in [-0.39, 0.29) is 5.41 Å². The summed E-state index contributed by atoms with van der Waals surface area (Å²) in [7, 11) is 0. The van der Waals surface area contributed by atoms with E-state index in [1.54, 1.807) is 6.20 Å². The van der Waals surface area contributed by atoms with E-state index < -0.39 is 0 Å². The first-order chi connectivity index (χ1) is 6.80. The third-order valence-electron chi connectivity index (χ3n) is 1.87. The summed E-state index contributed by atoms with van der Waals surface area (Å²) in [6.45, 7) is 10.4. The molecule has 0 spiro atoms. The Morgan fingerprint density at radius 1 is 1.33 bits per heavy atom. The van der Waals surface area contributed by atoms with Crippen LogP contribution in [0.1, 0.15) is 40.3 Å². The van der Waals surface area contributed by atoms with Crippen LogP contribution in [-0.2, 0) is 5.41 Å². The molecule has 1 aromatic heterocycles. The lowest BCUT2D eigenvalue weighted by atomic mass is 9.92. The first-order valence-corrected chi connectivity index (χ1v) is 5.48. The Kier molecular flexibility index (Phi) is 3.55. The van der Waals surface area contributed by atoms with Crippen LogP contribution in [0.15, 0.2) is 6.20 Å². The molecule has 1 N–H and O–H groups in total. The molecule has 0 fully saturated rings. The zero-order chi connectivity index (χ0) is 11.6. The summed E-state index contributed by atoms with van der Waals surface area (Å²) in [6, 6.07) is 0.319. The average Bonchev–Trinajstić information content (AvgIpc) is 2.05. The molecule has 84 valence electrons. The van der Waals surface area contributed by atoms with Crippen LogP contribution in [0, 0.1) is 0 Å². The fraction of sp³-hybridized carbons (Fsp3) is 0.636. The van der Waals surface area contributed by atoms with Gasteiger partial charge in [0, 0.05) is 11.5 Å². The summed E-state index contributed by atoms with van der Waals surface area (Å²) in [5, 5.41) is 3.79. The van der Waals surface area contributed by atoms with Crippen molar-refractivity contribution < 1.29 is 0 Å². The van der Waals surface area contributed by atoms with Gasteiger partial charge >= 0.3 is 0 Å². The van der Waals surface area contributed by atoms with Gasteiger partial charge in [-0.3, -0.25) is 0 Å². The molecule has 0 aliphatic carbocycles. The molecule has 15 heavy (non-hydrogen) atoms. The van der Waals surface area contributed by atoms with Crippen molar-refractivity contribution >= 4 is 17.5 Å². The van der Waals surface area contributed by atoms with Gasteiger partial charge in [-0.2, -0.15) is 0 Å². The van der Waals surface area contributed by atoms with Gasteiger partial charge in [0.25, 0.3) is 0 Å². The molecule has 0 aromatic carbocycles. The molecular weight excluding hydrogens is 210 g/mol. The van der Waals surface area contributed by atoms with Gasteiger partial charge in [0.1, 0.15) is 0 Å². The fourth-order valence-corrected chi connectivity index (χ4v) is 1.60. The summed E-state index contributed by atoms with van der Waals surface area (Å²) < 4.78 is 0. The smallest absolute Gasteiger partial charge is 0.223 e. The van der Waals surface area contributed by atoms with Gasteiger partial charge in [0.15, 0.2) is 0 Å². The Labute approximate surface area is 96.3 Å². The fourth-order valence-electron chi connectivity index (χ4n) is 1.22. The largest absolute Gasteiger partial charge is 0.352 e. The minimum Gasteiger partial charge on any atom is -0.352 e. The predicted octanol–water partition coefficient (Wildman–Crippen LogP) is 3.25. The van der Waals surface area contributed by atoms with E-state index in [9.17, 15) is 0 Å². The molecule has 1 aromatic rings. The molecule has 0 saturated carbocycles. The van der Waals surface area contributed by atoms with Gasteiger partial charge in [-0.15, -0.1) is 0 Å². The van der Waals surface area contributed by atoms with Crippen molar-refractivity contribution in [2.45, 2.75) is 46.1 Å². The van der Waals surface area contributed by atoms with Crippen LogP contribution in [0.3, 0.4) is 0 Å². The van der Waals surface area contributed by atoms with Crippen LogP contribution in [0.4, 0.5) is 5.95 Å². The molecular formula is C11H18ClN3. The number of nitrogens with zero attached hydrogens (tertiary/aromatic N) is 2. The van der Waals surface area contributed by atoms with Crippen LogP contribution in [-0.4, -0.2) is 16.0 Å². The number of rotatable bonds is 2. The second-order valence-electron chi connectivity index (χ2n) is 4.94. The van der Waals surface area contributed by atoms with Crippen molar-refractivity contribution in [3.05, 3.63) is 16.9 Å². The molecule has 4 heteroatoms. The minimum absolute atomic E-state index is 0.0621. The van der Waals surface area contributed by atoms with Crippen molar-refractivity contribution in [1.29, 1.82) is 0 Å². The van der Waals surface area contributed by atoms with Gasteiger partial charge in [0.05, 0.1) is 16.9 Å². The monoisotopic (exact) mass is 227 g/mol. The van der Waals surface area contributed by atoms with E-state index in [1.165, 1.54) is 0 Å². The third kappa shape index (κ3) is 3.34. The molecule has 0 saturated heterocycles. The lowest BCUT2D eigenvalue weighted by Gasteiger charge is -2.20. The first kappa shape index (κ1) is 12.2. The maximum absolute atomic E-state index is 6.06. The number of nitrogens with one attached hydrogen (secondary N) is 1. The molecule has 1 rings (SSSR count). The maximum atomic E-state index is 6.06. The molecule has 0 amide bonds. The van der Waals surface area contributed by atoms with E-state index in [2.05, 4.69) is 49.9 Å². The van der Waals surface area contributed by atoms with Crippen LogP contribution in [0.2, 0.25) is 5.02 Å². The second kappa shape index (κ2) is 4.35.